The van der Waals surface area contributed by atoms with E-state index >= 15 is 0 Å². The maximum Gasteiger partial charge on any atom is 4.00 e. The van der Waals surface area contributed by atoms with E-state index in [4.69, 9.17) is 0 Å². The zero-order valence-corrected chi connectivity index (χ0v) is 127. The Morgan fingerprint density at radius 3 is 0.365 bits per heavy atom. The third-order valence-corrected chi connectivity index (χ3v) is 16.5. The number of aliphatic imine (C=N–C) groups is 4. The van der Waals surface area contributed by atoms with Crippen LogP contribution >= 0.6 is 0 Å². The van der Waals surface area contributed by atoms with E-state index in [0.717, 1.165) is 199 Å². The van der Waals surface area contributed by atoms with Gasteiger partial charge in [-0.05, 0) is 109 Å². The van der Waals surface area contributed by atoms with E-state index in [2.05, 4.69) is 160 Å². The molecule has 0 spiro atoms. The van der Waals surface area contributed by atoms with Gasteiger partial charge < -0.3 is 90.4 Å². The molecule has 825 valence electrons. The smallest absolute Gasteiger partial charge is 0.691 e. The number of nitrogens with zero attached hydrogens (tertiary/aromatic N) is 21. The molecule has 38 heteroatoms. The normalized spacial score (nSPS) is 12.6. The molecule has 31 nitrogen and oxygen atoms in total. The van der Waals surface area contributed by atoms with Crippen LogP contribution in [0.5, 0.6) is 0 Å². The first-order valence-electron chi connectivity index (χ1n) is 47.8. The van der Waals surface area contributed by atoms with Crippen molar-refractivity contribution >= 4 is 295 Å². The van der Waals surface area contributed by atoms with Crippen LogP contribution in [0.1, 0.15) is 235 Å². The molecule has 0 aliphatic carbocycles. The van der Waals surface area contributed by atoms with Crippen LogP contribution in [0.15, 0.2) is 185 Å². The number of allylic oxidation sites excluding steroid dienone is 28. The monoisotopic (exact) mass is 2510 g/mol. The van der Waals surface area contributed by atoms with Crippen molar-refractivity contribution in [2.45, 2.75) is 235 Å². The Hall–Kier alpha value is -2.53. The van der Waals surface area contributed by atoms with Gasteiger partial charge in [0.25, 0.3) is 0 Å². The van der Waals surface area contributed by atoms with Gasteiger partial charge in [0.2, 0.25) is 0 Å². The van der Waals surface area contributed by atoms with E-state index in [0.29, 0.717) is 0 Å². The molecule has 0 saturated heterocycles. The van der Waals surface area contributed by atoms with E-state index < -0.39 is 0 Å². The fourth-order valence-electron chi connectivity index (χ4n) is 7.61. The van der Waals surface area contributed by atoms with Gasteiger partial charge in [-0.1, -0.05) is 142 Å². The van der Waals surface area contributed by atoms with Crippen molar-refractivity contribution in [1.82, 2.24) is 0 Å². The molecule has 0 aliphatic rings. The molecule has 0 aromatic heterocycles. The summed E-state index contributed by atoms with van der Waals surface area (Å²) in [5.74, 6) is 0. The zero-order valence-electron chi connectivity index (χ0n) is 107. The summed E-state index contributed by atoms with van der Waals surface area (Å²) in [6, 6.07) is 0. The maximum atomic E-state index is 4.23. The quantitative estimate of drug-likeness (QED) is 0.0212. The van der Waals surface area contributed by atoms with E-state index in [1.807, 2.05) is 391 Å². The molecular weight excluding hydrogens is 2290 g/mol. The average molecular weight is 2510 g/mol. The number of nitrogens with one attached hydrogen (secondary N) is 10. The van der Waals surface area contributed by atoms with E-state index in [9.17, 15) is 0 Å². The molecule has 0 aliphatic heterocycles. The van der Waals surface area contributed by atoms with Gasteiger partial charge >= 0.3 is 263 Å². The second-order valence-corrected chi connectivity index (χ2v) is 29.8. The van der Waals surface area contributed by atoms with E-state index in [-0.39, 0.29) is 263 Å². The zero-order chi connectivity index (χ0) is 114. The molecule has 0 bridgehead atoms. The first-order valence-corrected chi connectivity index (χ1v) is 47.8. The fourth-order valence-corrected chi connectivity index (χ4v) is 7.61. The molecular formula is C110H222BaCa2N31Sr2TiZr+10. The van der Waals surface area contributed by atoms with Crippen molar-refractivity contribution in [3.63, 3.8) is 0 Å². The first-order chi connectivity index (χ1) is 66.1. The summed E-state index contributed by atoms with van der Waals surface area (Å²) in [5, 5.41) is 66.9. The minimum atomic E-state index is 0. The molecule has 0 rings (SSSR count). The maximum absolute atomic E-state index is 4.23. The van der Waals surface area contributed by atoms with Crippen molar-refractivity contribution < 1.29 is 97.8 Å². The molecule has 0 fully saturated rings. The molecule has 0 atom stereocenters. The van der Waals surface area contributed by atoms with Crippen LogP contribution in [0.3, 0.4) is 0 Å². The van der Waals surface area contributed by atoms with Crippen LogP contribution in [-0.4, -0.2) is 532 Å². The molecule has 148 heavy (non-hydrogen) atoms. The Kier molecular flexibility index (Phi) is 236. The van der Waals surface area contributed by atoms with Gasteiger partial charge in [0.15, 0.2) is 57.1 Å². The second-order valence-electron chi connectivity index (χ2n) is 29.8. The Balaban J connectivity index is -0.0000000504. The van der Waals surface area contributed by atoms with Crippen molar-refractivity contribution in [3.8, 4) is 0 Å². The molecule has 0 heterocycles. The molecule has 0 aromatic rings. The summed E-state index contributed by atoms with van der Waals surface area (Å²) in [7, 11) is 50.9. The standard InChI is InChI=1S/3C9H17N2.11C7H13N2.3C2H6N.Ba.2Ca.2Sr.Ti.Zr/c3*1-5-10-8(3)7-9(4)11-6-2;11*1-6(8-3)5-7(2)9-4;3*1-3-2;;;;;;;/h3*7H,5-6H2,1-4H3;11*5H,1-4H3;3*1-2H3;;;;;;;/q17*-1;5*+2;+3;+4/p+10. The summed E-state index contributed by atoms with van der Waals surface area (Å²) in [6.45, 7) is 73.0. The average Bonchev–Trinajstić information content (AvgIpc) is 1.00. The van der Waals surface area contributed by atoms with Crippen molar-refractivity contribution in [3.05, 3.63) is 255 Å². The Morgan fingerprint density at radius 2 is 0.291 bits per heavy atom. The van der Waals surface area contributed by atoms with Crippen LogP contribution in [0.4, 0.5) is 0 Å². The summed E-state index contributed by atoms with van der Waals surface area (Å²) in [5.41, 5.74) is 30.2. The fraction of sp³-hybridized carbons (Fsp3) is 0.618. The van der Waals surface area contributed by atoms with E-state index in [1.54, 1.807) is 127 Å². The predicted molar refractivity (Wildman–Crippen MR) is 676 cm³/mol. The summed E-state index contributed by atoms with van der Waals surface area (Å²) in [4.78, 5) is 46.7. The Morgan fingerprint density at radius 1 is 0.196 bits per heavy atom. The topological polar surface area (TPSA) is 429 Å². The molecule has 0 amide bonds. The van der Waals surface area contributed by atoms with Crippen molar-refractivity contribution in [1.29, 1.82) is 0 Å². The molecule has 1 radical (unpaired) electrons. The Labute approximate surface area is 1120 Å². The van der Waals surface area contributed by atoms with Gasteiger partial charge in [-0.3, -0.25) is 20.0 Å². The van der Waals surface area contributed by atoms with Crippen LogP contribution in [-0.2, 0) is 47.9 Å². The third kappa shape index (κ3) is 218. The predicted octanol–water partition coefficient (Wildman–Crippen LogP) is 10.9. The number of hydrogen-bond donors (Lipinski definition) is 10. The summed E-state index contributed by atoms with van der Waals surface area (Å²) >= 11 is 0. The molecule has 0 aromatic carbocycles. The van der Waals surface area contributed by atoms with Crippen LogP contribution in [0.2, 0.25) is 0 Å². The van der Waals surface area contributed by atoms with Crippen molar-refractivity contribution in [2.24, 2.45) is 20.0 Å². The van der Waals surface area contributed by atoms with Gasteiger partial charge in [0.05, 0.1) is 0 Å². The first kappa shape index (κ1) is 206. The number of hydrogen-bond acceptors (Lipinski definition) is 4. The van der Waals surface area contributed by atoms with Gasteiger partial charge in [-0.25, -0.2) is 49.9 Å². The molecule has 0 saturated carbocycles. The summed E-state index contributed by atoms with van der Waals surface area (Å²) in [6.07, 6.45) is 28.0. The van der Waals surface area contributed by atoms with Gasteiger partial charge in [0, 0.05) is 119 Å². The van der Waals surface area contributed by atoms with Gasteiger partial charge in [-0.2, -0.15) is 122 Å². The SMILES string of the molecule is CCN=C(C)C=C(C)[N-]CC.CCN=C(C)C=C(C)[N-]CC.CCN=C(C)C=C(C)[N-]CC.CN=C(C)C=C(C)[N-]C.C[N-]C.C[N-]C.C[N-]C.C[N-]C(C)=CC(C)=[NH+]C.C[N-]C(C)=CC(C)=[NH+]C.C[N-]C(C)=CC(C)=[NH+]C.C[N-]C(C)=CC(C)=[NH+]C.C[N-]C(C)=CC(C)=[NH+]C.C[N-]C(C)=CC(C)=[NH+]C.C[N-]C(C)=CC(C)=[NH+]C.C[N-]C(C)=CC(C)=[NH+]C.C[N-]C(C)=CC(C)=[NH+]C.C[N-]C(C)=CC(C)=[NH+]C.[Ba+2].[Ca+2].[Ca+2].[Sr+2].[Sr+2].[Ti+3].[Zr+4]. The minimum absolute atomic E-state index is 0. The van der Waals surface area contributed by atoms with E-state index in [1.165, 1.54) is 0 Å². The third-order valence-electron chi connectivity index (χ3n) is 16.5. The Bertz CT molecular complexity index is 3180. The second kappa shape index (κ2) is 169. The van der Waals surface area contributed by atoms with Crippen molar-refractivity contribution in [2.75, 3.05) is 237 Å². The molecule has 0 unspecified atom stereocenters. The van der Waals surface area contributed by atoms with Crippen LogP contribution < -0.4 is 49.9 Å². The molecule has 10 N–H and O–H groups in total. The van der Waals surface area contributed by atoms with Crippen LogP contribution in [0, 0.1) is 0 Å². The largest absolute Gasteiger partial charge is 4.00 e. The minimum Gasteiger partial charge on any atom is -0.691 e. The van der Waals surface area contributed by atoms with Gasteiger partial charge in [-0.15, -0.1) is 97.2 Å². The van der Waals surface area contributed by atoms with Crippen LogP contribution in [0.25, 0.3) is 90.4 Å². The number of rotatable bonds is 34. The summed E-state index contributed by atoms with van der Waals surface area (Å²) < 4.78 is 0. The van der Waals surface area contributed by atoms with Gasteiger partial charge in [0.1, 0.15) is 70.5 Å².